The van der Waals surface area contributed by atoms with Crippen molar-refractivity contribution in [3.8, 4) is 0 Å². The van der Waals surface area contributed by atoms with Gasteiger partial charge in [-0.3, -0.25) is 0 Å². The van der Waals surface area contributed by atoms with Crippen LogP contribution in [0, 0.1) is 0 Å². The van der Waals surface area contributed by atoms with Crippen molar-refractivity contribution in [3.05, 3.63) is 28.8 Å². The number of anilines is 1. The first kappa shape index (κ1) is 14.3. The Labute approximate surface area is 110 Å². The van der Waals surface area contributed by atoms with Gasteiger partial charge in [-0.15, -0.1) is 0 Å². The molecule has 2 N–H and O–H groups in total. The SMILES string of the molecule is CCCC(C)N(C)c1cc(Cl)ccc1CCN. The van der Waals surface area contributed by atoms with Gasteiger partial charge in [0.05, 0.1) is 0 Å². The second-order valence-electron chi connectivity index (χ2n) is 4.56. The van der Waals surface area contributed by atoms with Gasteiger partial charge in [-0.25, -0.2) is 0 Å². The van der Waals surface area contributed by atoms with E-state index in [0.717, 1.165) is 11.4 Å². The third kappa shape index (κ3) is 3.90. The number of hydrogen-bond acceptors (Lipinski definition) is 2. The fourth-order valence-electron chi connectivity index (χ4n) is 2.08. The van der Waals surface area contributed by atoms with Crippen LogP contribution in [0.3, 0.4) is 0 Å². The minimum absolute atomic E-state index is 0.523. The van der Waals surface area contributed by atoms with Gasteiger partial charge < -0.3 is 10.6 Å². The smallest absolute Gasteiger partial charge is 0.0426 e. The Hall–Kier alpha value is -0.730. The summed E-state index contributed by atoms with van der Waals surface area (Å²) in [5, 5.41) is 0.788. The summed E-state index contributed by atoms with van der Waals surface area (Å²) >= 11 is 6.08. The highest BCUT2D eigenvalue weighted by Gasteiger charge is 2.13. The molecule has 0 saturated heterocycles. The predicted octanol–water partition coefficient (Wildman–Crippen LogP) is 3.47. The first-order chi connectivity index (χ1) is 8.10. The van der Waals surface area contributed by atoms with Gasteiger partial charge in [-0.2, -0.15) is 0 Å². The monoisotopic (exact) mass is 254 g/mol. The van der Waals surface area contributed by atoms with Crippen molar-refractivity contribution in [2.75, 3.05) is 18.5 Å². The zero-order valence-electron chi connectivity index (χ0n) is 11.0. The van der Waals surface area contributed by atoms with Gasteiger partial charge in [0, 0.05) is 23.8 Å². The van der Waals surface area contributed by atoms with Gasteiger partial charge in [0.15, 0.2) is 0 Å². The topological polar surface area (TPSA) is 29.3 Å². The van der Waals surface area contributed by atoms with Crippen molar-refractivity contribution in [1.82, 2.24) is 0 Å². The van der Waals surface area contributed by atoms with E-state index in [0.29, 0.717) is 12.6 Å². The molecule has 17 heavy (non-hydrogen) atoms. The number of benzene rings is 1. The zero-order chi connectivity index (χ0) is 12.8. The lowest BCUT2D eigenvalue weighted by Gasteiger charge is -2.29. The highest BCUT2D eigenvalue weighted by atomic mass is 35.5. The van der Waals surface area contributed by atoms with E-state index in [1.807, 2.05) is 12.1 Å². The molecule has 0 aliphatic rings. The molecule has 1 rings (SSSR count). The Morgan fingerprint density at radius 3 is 2.71 bits per heavy atom. The van der Waals surface area contributed by atoms with Gasteiger partial charge in [0.1, 0.15) is 0 Å². The number of nitrogens with two attached hydrogens (primary N) is 1. The molecule has 1 aromatic rings. The lowest BCUT2D eigenvalue weighted by molar-refractivity contribution is 0.614. The third-order valence-corrected chi connectivity index (χ3v) is 3.44. The van der Waals surface area contributed by atoms with Crippen molar-refractivity contribution < 1.29 is 0 Å². The standard InChI is InChI=1S/C14H23ClN2/c1-4-5-11(2)17(3)14-10-13(15)7-6-12(14)8-9-16/h6-7,10-11H,4-5,8-9,16H2,1-3H3. The summed E-state index contributed by atoms with van der Waals surface area (Å²) in [4.78, 5) is 2.31. The quantitative estimate of drug-likeness (QED) is 0.842. The average Bonchev–Trinajstić information content (AvgIpc) is 2.31. The molecule has 0 amide bonds. The molecule has 1 atom stereocenters. The molecule has 0 spiro atoms. The van der Waals surface area contributed by atoms with E-state index in [4.69, 9.17) is 17.3 Å². The Balaban J connectivity index is 2.96. The maximum absolute atomic E-state index is 6.08. The second kappa shape index (κ2) is 6.87. The van der Waals surface area contributed by atoms with Gasteiger partial charge in [0.2, 0.25) is 0 Å². The van der Waals surface area contributed by atoms with E-state index < -0.39 is 0 Å². The molecule has 2 nitrogen and oxygen atoms in total. The van der Waals surface area contributed by atoms with Crippen LogP contribution in [0.5, 0.6) is 0 Å². The molecule has 0 aliphatic carbocycles. The number of nitrogens with zero attached hydrogens (tertiary/aromatic N) is 1. The lowest BCUT2D eigenvalue weighted by atomic mass is 10.1. The molecule has 0 bridgehead atoms. The van der Waals surface area contributed by atoms with Crippen LogP contribution >= 0.6 is 11.6 Å². The number of halogens is 1. The maximum atomic E-state index is 6.08. The molecule has 96 valence electrons. The first-order valence-corrected chi connectivity index (χ1v) is 6.69. The minimum Gasteiger partial charge on any atom is -0.372 e. The summed E-state index contributed by atoms with van der Waals surface area (Å²) in [6.45, 7) is 5.13. The predicted molar refractivity (Wildman–Crippen MR) is 77.0 cm³/mol. The lowest BCUT2D eigenvalue weighted by Crippen LogP contribution is -2.29. The van der Waals surface area contributed by atoms with E-state index >= 15 is 0 Å². The number of hydrogen-bond donors (Lipinski definition) is 1. The molecule has 0 aliphatic heterocycles. The molecule has 1 aromatic carbocycles. The summed E-state index contributed by atoms with van der Waals surface area (Å²) < 4.78 is 0. The molecule has 3 heteroatoms. The fraction of sp³-hybridized carbons (Fsp3) is 0.571. The molecular formula is C14H23ClN2. The molecule has 1 unspecified atom stereocenters. The molecule has 0 saturated carbocycles. The summed E-state index contributed by atoms with van der Waals surface area (Å²) in [5.41, 5.74) is 8.14. The molecule has 0 aromatic heterocycles. The third-order valence-electron chi connectivity index (χ3n) is 3.21. The molecule has 0 radical (unpaired) electrons. The second-order valence-corrected chi connectivity index (χ2v) is 5.00. The van der Waals surface area contributed by atoms with Crippen molar-refractivity contribution in [2.24, 2.45) is 5.73 Å². The van der Waals surface area contributed by atoms with Gasteiger partial charge >= 0.3 is 0 Å². The Kier molecular flexibility index (Phi) is 5.79. The van der Waals surface area contributed by atoms with Crippen LogP contribution < -0.4 is 10.6 Å². The van der Waals surface area contributed by atoms with Crippen LogP contribution in [0.15, 0.2) is 18.2 Å². The van der Waals surface area contributed by atoms with Crippen LogP contribution in [-0.4, -0.2) is 19.6 Å². The Morgan fingerprint density at radius 2 is 2.12 bits per heavy atom. The minimum atomic E-state index is 0.523. The summed E-state index contributed by atoms with van der Waals surface area (Å²) in [7, 11) is 2.13. The maximum Gasteiger partial charge on any atom is 0.0426 e. The normalized spacial score (nSPS) is 12.5. The van der Waals surface area contributed by atoms with Crippen molar-refractivity contribution in [2.45, 2.75) is 39.2 Å². The summed E-state index contributed by atoms with van der Waals surface area (Å²) in [5.74, 6) is 0. The largest absolute Gasteiger partial charge is 0.372 e. The van der Waals surface area contributed by atoms with Gasteiger partial charge in [0.25, 0.3) is 0 Å². The highest BCUT2D eigenvalue weighted by Crippen LogP contribution is 2.26. The van der Waals surface area contributed by atoms with E-state index in [1.54, 1.807) is 0 Å². The molecule has 0 heterocycles. The zero-order valence-corrected chi connectivity index (χ0v) is 11.8. The Morgan fingerprint density at radius 1 is 1.41 bits per heavy atom. The molecule has 0 fully saturated rings. The van der Waals surface area contributed by atoms with Crippen LogP contribution in [0.1, 0.15) is 32.3 Å². The van der Waals surface area contributed by atoms with E-state index in [-0.39, 0.29) is 0 Å². The van der Waals surface area contributed by atoms with E-state index in [9.17, 15) is 0 Å². The van der Waals surface area contributed by atoms with Crippen molar-refractivity contribution >= 4 is 17.3 Å². The van der Waals surface area contributed by atoms with Gasteiger partial charge in [-0.05, 0) is 44.0 Å². The van der Waals surface area contributed by atoms with Crippen LogP contribution in [0.25, 0.3) is 0 Å². The summed E-state index contributed by atoms with van der Waals surface area (Å²) in [6.07, 6.45) is 3.28. The molecular weight excluding hydrogens is 232 g/mol. The highest BCUT2D eigenvalue weighted by molar-refractivity contribution is 6.30. The van der Waals surface area contributed by atoms with Crippen LogP contribution in [0.2, 0.25) is 5.02 Å². The van der Waals surface area contributed by atoms with Crippen LogP contribution in [0.4, 0.5) is 5.69 Å². The summed E-state index contributed by atoms with van der Waals surface area (Å²) in [6, 6.07) is 6.59. The van der Waals surface area contributed by atoms with Crippen LogP contribution in [-0.2, 0) is 6.42 Å². The first-order valence-electron chi connectivity index (χ1n) is 6.31. The fourth-order valence-corrected chi connectivity index (χ4v) is 2.25. The van der Waals surface area contributed by atoms with Crippen molar-refractivity contribution in [1.29, 1.82) is 0 Å². The Bertz CT molecular complexity index is 352. The average molecular weight is 255 g/mol. The van der Waals surface area contributed by atoms with Crippen molar-refractivity contribution in [3.63, 3.8) is 0 Å². The number of rotatable bonds is 6. The van der Waals surface area contributed by atoms with E-state index in [1.165, 1.54) is 24.1 Å². The van der Waals surface area contributed by atoms with E-state index in [2.05, 4.69) is 31.9 Å². The van der Waals surface area contributed by atoms with Gasteiger partial charge in [-0.1, -0.05) is 31.0 Å².